The van der Waals surface area contributed by atoms with Gasteiger partial charge in [-0.05, 0) is 12.1 Å². The maximum Gasteiger partial charge on any atom is 0.421 e. The van der Waals surface area contributed by atoms with E-state index in [2.05, 4.69) is 4.74 Å². The number of anilines is 1. The van der Waals surface area contributed by atoms with E-state index in [0.29, 0.717) is 4.90 Å². The van der Waals surface area contributed by atoms with Crippen LogP contribution in [0.25, 0.3) is 0 Å². The van der Waals surface area contributed by atoms with Crippen LogP contribution >= 0.6 is 0 Å². The molecule has 2 aliphatic rings. The Labute approximate surface area is 154 Å². The van der Waals surface area contributed by atoms with Crippen molar-refractivity contribution in [2.75, 3.05) is 12.0 Å². The molecule has 3 rings (SSSR count). The number of carbonyl (C=O) groups excluding carboxylic acids is 4. The summed E-state index contributed by atoms with van der Waals surface area (Å²) in [5.41, 5.74) is -0.209. The molecule has 1 atom stereocenters. The summed E-state index contributed by atoms with van der Waals surface area (Å²) < 4.78 is 61.8. The van der Waals surface area contributed by atoms with Crippen LogP contribution in [0, 0.1) is 11.7 Å². The molecule has 0 bridgehead atoms. The van der Waals surface area contributed by atoms with E-state index in [0.717, 1.165) is 25.3 Å². The third kappa shape index (κ3) is 3.25. The number of rotatable bonds is 1. The maximum absolute atomic E-state index is 13.5. The van der Waals surface area contributed by atoms with E-state index in [1.807, 2.05) is 0 Å². The number of nitrogens with zero attached hydrogens (tertiary/aromatic N) is 2. The van der Waals surface area contributed by atoms with Crippen LogP contribution in [-0.2, 0) is 19.1 Å². The van der Waals surface area contributed by atoms with Gasteiger partial charge in [0, 0.05) is 18.9 Å². The zero-order valence-electron chi connectivity index (χ0n) is 14.2. The van der Waals surface area contributed by atoms with Gasteiger partial charge >= 0.3 is 12.3 Å². The molecule has 28 heavy (non-hydrogen) atoms. The fourth-order valence-corrected chi connectivity index (χ4v) is 2.93. The van der Waals surface area contributed by atoms with E-state index < -0.39 is 60.8 Å². The summed E-state index contributed by atoms with van der Waals surface area (Å²) in [4.78, 5) is 49.7. The maximum atomic E-state index is 13.5. The number of alkyl halides is 3. The summed E-state index contributed by atoms with van der Waals surface area (Å²) in [6, 6.07) is 2.76. The molecule has 4 amide bonds. The number of piperidine rings is 1. The topological polar surface area (TPSA) is 93.2 Å². The number of hydrogen-bond donors (Lipinski definition) is 0. The Morgan fingerprint density at radius 1 is 1.18 bits per heavy atom. The number of likely N-dealkylation sites (tertiary alicyclic amines) is 1. The summed E-state index contributed by atoms with van der Waals surface area (Å²) in [5.74, 6) is -7.22. The highest BCUT2D eigenvalue weighted by atomic mass is 19.4. The number of carbonyl (C=O) groups is 4. The number of benzene rings is 1. The highest BCUT2D eigenvalue weighted by molar-refractivity contribution is 6.17. The van der Waals surface area contributed by atoms with Gasteiger partial charge < -0.3 is 9.47 Å². The molecule has 0 N–H and O–H groups in total. The van der Waals surface area contributed by atoms with Gasteiger partial charge in [-0.25, -0.2) is 19.0 Å². The van der Waals surface area contributed by atoms with Gasteiger partial charge in [-0.1, -0.05) is 0 Å². The molecule has 8 nitrogen and oxygen atoms in total. The van der Waals surface area contributed by atoms with E-state index in [9.17, 15) is 36.7 Å². The normalized spacial score (nSPS) is 20.8. The smallest absolute Gasteiger partial charge is 0.421 e. The summed E-state index contributed by atoms with van der Waals surface area (Å²) in [5, 5.41) is 0. The summed E-state index contributed by atoms with van der Waals surface area (Å²) in [6.07, 6.45) is -10.2. The molecule has 1 fully saturated rings. The summed E-state index contributed by atoms with van der Waals surface area (Å²) in [6.45, 7) is 0. The molecule has 0 aromatic heterocycles. The molecule has 0 radical (unpaired) electrons. The lowest BCUT2D eigenvalue weighted by molar-refractivity contribution is -0.198. The lowest BCUT2D eigenvalue weighted by Crippen LogP contribution is -2.61. The van der Waals surface area contributed by atoms with E-state index in [1.165, 1.54) is 0 Å². The van der Waals surface area contributed by atoms with Crippen molar-refractivity contribution in [2.45, 2.75) is 25.2 Å². The lowest BCUT2D eigenvalue weighted by atomic mass is 9.94. The molecule has 1 unspecified atom stereocenters. The molecule has 2 heterocycles. The zero-order chi connectivity index (χ0) is 20.8. The minimum Gasteiger partial charge on any atom is -0.458 e. The average Bonchev–Trinajstić information content (AvgIpc) is 2.60. The van der Waals surface area contributed by atoms with Crippen LogP contribution in [0.2, 0.25) is 0 Å². The van der Waals surface area contributed by atoms with Gasteiger partial charge in [0.2, 0.25) is 11.8 Å². The van der Waals surface area contributed by atoms with Gasteiger partial charge in [0.25, 0.3) is 12.1 Å². The van der Waals surface area contributed by atoms with Crippen LogP contribution in [0.1, 0.15) is 12.8 Å². The van der Waals surface area contributed by atoms with Gasteiger partial charge in [0.15, 0.2) is 0 Å². The van der Waals surface area contributed by atoms with E-state index >= 15 is 0 Å². The third-order valence-corrected chi connectivity index (χ3v) is 4.27. The molecule has 0 saturated carbocycles. The molecule has 0 aliphatic carbocycles. The highest BCUT2D eigenvalue weighted by Gasteiger charge is 2.52. The van der Waals surface area contributed by atoms with Crippen molar-refractivity contribution < 1.29 is 46.2 Å². The first-order valence-electron chi connectivity index (χ1n) is 7.84. The zero-order valence-corrected chi connectivity index (χ0v) is 14.2. The lowest BCUT2D eigenvalue weighted by Gasteiger charge is -2.39. The Balaban J connectivity index is 1.98. The summed E-state index contributed by atoms with van der Waals surface area (Å²) >= 11 is 0. The SMILES string of the molecule is COC(=O)N1C(=O)C(N2C(=O)CC(C(F)(F)F)CC2=O)Oc2cc(F)ccc21. The standard InChI is InChI=1S/C16H12F4N2O6/c1-27-15(26)21-9-3-2-8(17)6-10(9)28-14(13(21)25)22-11(23)4-7(5-12(22)24)16(18,19)20/h2-3,6-7,14H,4-5H2,1H3. The van der Waals surface area contributed by atoms with Gasteiger partial charge in [0.1, 0.15) is 11.6 Å². The van der Waals surface area contributed by atoms with Gasteiger partial charge in [-0.3, -0.25) is 14.4 Å². The minimum absolute atomic E-state index is 0.209. The van der Waals surface area contributed by atoms with Crippen LogP contribution in [0.4, 0.5) is 28.0 Å². The second-order valence-corrected chi connectivity index (χ2v) is 6.03. The molecule has 1 aromatic carbocycles. The van der Waals surface area contributed by atoms with Crippen molar-refractivity contribution in [3.8, 4) is 5.75 Å². The molecule has 150 valence electrons. The number of amides is 4. The number of methoxy groups -OCH3 is 1. The fourth-order valence-electron chi connectivity index (χ4n) is 2.93. The Bertz CT molecular complexity index is 853. The van der Waals surface area contributed by atoms with Crippen molar-refractivity contribution in [3.63, 3.8) is 0 Å². The number of ether oxygens (including phenoxy) is 2. The largest absolute Gasteiger partial charge is 0.458 e. The second kappa shape index (κ2) is 6.77. The average molecular weight is 404 g/mol. The number of halogens is 4. The van der Waals surface area contributed by atoms with Crippen molar-refractivity contribution in [1.82, 2.24) is 4.90 Å². The van der Waals surface area contributed by atoms with Gasteiger partial charge in [-0.2, -0.15) is 13.2 Å². The van der Waals surface area contributed by atoms with Gasteiger partial charge in [-0.15, -0.1) is 0 Å². The number of hydrogen-bond acceptors (Lipinski definition) is 6. The van der Waals surface area contributed by atoms with Crippen LogP contribution in [0.15, 0.2) is 18.2 Å². The molecule has 2 aliphatic heterocycles. The third-order valence-electron chi connectivity index (χ3n) is 4.27. The Kier molecular flexibility index (Phi) is 4.73. The Morgan fingerprint density at radius 2 is 1.79 bits per heavy atom. The Morgan fingerprint density at radius 3 is 2.32 bits per heavy atom. The first kappa shape index (κ1) is 19.6. The molecule has 1 aromatic rings. The number of imide groups is 2. The van der Waals surface area contributed by atoms with Crippen LogP contribution in [0.3, 0.4) is 0 Å². The van der Waals surface area contributed by atoms with Crippen LogP contribution < -0.4 is 9.64 Å². The van der Waals surface area contributed by atoms with Crippen molar-refractivity contribution >= 4 is 29.5 Å². The van der Waals surface area contributed by atoms with Crippen molar-refractivity contribution in [3.05, 3.63) is 24.0 Å². The molecular formula is C16H12F4N2O6. The quantitative estimate of drug-likeness (QED) is 0.525. The van der Waals surface area contributed by atoms with E-state index in [4.69, 9.17) is 4.74 Å². The summed E-state index contributed by atoms with van der Waals surface area (Å²) in [7, 11) is 0.953. The monoisotopic (exact) mass is 404 g/mol. The first-order chi connectivity index (χ1) is 13.0. The first-order valence-corrected chi connectivity index (χ1v) is 7.84. The molecule has 1 saturated heterocycles. The number of fused-ring (bicyclic) bond motifs is 1. The molecule has 12 heteroatoms. The van der Waals surface area contributed by atoms with Crippen LogP contribution in [0.5, 0.6) is 5.75 Å². The van der Waals surface area contributed by atoms with Gasteiger partial charge in [0.05, 0.1) is 18.7 Å². The van der Waals surface area contributed by atoms with E-state index in [-0.39, 0.29) is 16.3 Å². The highest BCUT2D eigenvalue weighted by Crippen LogP contribution is 2.39. The predicted octanol–water partition coefficient (Wildman–Crippen LogP) is 1.97. The Hall–Kier alpha value is -3.18. The minimum atomic E-state index is -4.78. The van der Waals surface area contributed by atoms with E-state index in [1.54, 1.807) is 0 Å². The molecular weight excluding hydrogens is 392 g/mol. The van der Waals surface area contributed by atoms with Crippen molar-refractivity contribution in [2.24, 2.45) is 5.92 Å². The van der Waals surface area contributed by atoms with Crippen LogP contribution in [-0.4, -0.2) is 48.2 Å². The fraction of sp³-hybridized carbons (Fsp3) is 0.375. The molecule has 0 spiro atoms. The second-order valence-electron chi connectivity index (χ2n) is 6.03. The predicted molar refractivity (Wildman–Crippen MR) is 81.3 cm³/mol. The van der Waals surface area contributed by atoms with Crippen molar-refractivity contribution in [1.29, 1.82) is 0 Å².